The van der Waals surface area contributed by atoms with Crippen LogP contribution >= 0.6 is 0 Å². The van der Waals surface area contributed by atoms with E-state index in [4.69, 9.17) is 0 Å². The molecule has 3 aromatic carbocycles. The highest BCUT2D eigenvalue weighted by Gasteiger charge is 2.40. The zero-order valence-corrected chi connectivity index (χ0v) is 18.1. The van der Waals surface area contributed by atoms with Crippen LogP contribution in [0.5, 0.6) is 0 Å². The van der Waals surface area contributed by atoms with Gasteiger partial charge in [-0.2, -0.15) is 0 Å². The van der Waals surface area contributed by atoms with Gasteiger partial charge in [-0.1, -0.05) is 60.7 Å². The fourth-order valence-electron chi connectivity index (χ4n) is 5.13. The first-order valence-corrected chi connectivity index (χ1v) is 10.9. The van der Waals surface area contributed by atoms with Gasteiger partial charge >= 0.3 is 6.03 Å². The normalized spacial score (nSPS) is 18.0. The Balaban J connectivity index is 1.81. The van der Waals surface area contributed by atoms with Gasteiger partial charge in [0.1, 0.15) is 0 Å². The van der Waals surface area contributed by atoms with Crippen molar-refractivity contribution in [3.05, 3.63) is 88.5 Å². The molecule has 160 valence electrons. The Morgan fingerprint density at radius 1 is 0.906 bits per heavy atom. The molecule has 2 aliphatic rings. The van der Waals surface area contributed by atoms with Crippen molar-refractivity contribution in [2.24, 2.45) is 0 Å². The first-order valence-electron chi connectivity index (χ1n) is 10.9. The number of urea groups is 1. The molecule has 1 atom stereocenters. The highest BCUT2D eigenvalue weighted by atomic mass is 16.2. The van der Waals surface area contributed by atoms with Gasteiger partial charge in [-0.3, -0.25) is 14.5 Å². The lowest BCUT2D eigenvalue weighted by Crippen LogP contribution is -2.49. The fourth-order valence-corrected chi connectivity index (χ4v) is 5.13. The molecule has 0 bridgehead atoms. The van der Waals surface area contributed by atoms with E-state index < -0.39 is 12.1 Å². The number of hydrogen-bond acceptors (Lipinski definition) is 3. The average Bonchev–Trinajstić information content (AvgIpc) is 2.96. The number of amides is 3. The Hall–Kier alpha value is -3.73. The van der Waals surface area contributed by atoms with E-state index >= 15 is 0 Å². The molecule has 1 aliphatic heterocycles. The molecule has 0 saturated carbocycles. The van der Waals surface area contributed by atoms with Crippen molar-refractivity contribution in [3.63, 3.8) is 0 Å². The number of fused-ring (bicyclic) bond motifs is 3. The minimum Gasteiger partial charge on any atom is -0.307 e. The van der Waals surface area contributed by atoms with Crippen molar-refractivity contribution in [1.82, 2.24) is 10.2 Å². The summed E-state index contributed by atoms with van der Waals surface area (Å²) in [6.07, 6.45) is 2.61. The molecule has 5 nitrogen and oxygen atoms in total. The van der Waals surface area contributed by atoms with Crippen molar-refractivity contribution < 1.29 is 14.4 Å². The molecule has 1 unspecified atom stereocenters. The maximum Gasteiger partial charge on any atom is 0.329 e. The Morgan fingerprint density at radius 2 is 1.62 bits per heavy atom. The van der Waals surface area contributed by atoms with Gasteiger partial charge in [0.2, 0.25) is 5.91 Å². The molecule has 1 heterocycles. The monoisotopic (exact) mass is 424 g/mol. The predicted octanol–water partition coefficient (Wildman–Crippen LogP) is 5.40. The molecular formula is C27H24N2O3. The maximum absolute atomic E-state index is 13.2. The number of ketones is 1. The number of nitrogens with zero attached hydrogens (tertiary/aromatic N) is 1. The molecule has 0 aromatic heterocycles. The molecule has 1 N–H and O–H groups in total. The number of Topliss-reactive ketones (excluding diaryl/α,β-unsaturated/α-hetero) is 1. The van der Waals surface area contributed by atoms with Gasteiger partial charge in [0.25, 0.3) is 0 Å². The summed E-state index contributed by atoms with van der Waals surface area (Å²) >= 11 is 0. The van der Waals surface area contributed by atoms with Crippen LogP contribution in [0.3, 0.4) is 0 Å². The second-order valence-corrected chi connectivity index (χ2v) is 8.44. The first-order chi connectivity index (χ1) is 15.5. The second kappa shape index (κ2) is 7.75. The van der Waals surface area contributed by atoms with Crippen LogP contribution in [0.2, 0.25) is 0 Å². The number of benzene rings is 3. The highest BCUT2D eigenvalue weighted by Crippen LogP contribution is 2.44. The topological polar surface area (TPSA) is 66.5 Å². The fraction of sp³-hybridized carbons (Fsp3) is 0.222. The van der Waals surface area contributed by atoms with Crippen LogP contribution in [0.25, 0.3) is 16.5 Å². The first kappa shape index (κ1) is 20.2. The molecule has 0 saturated heterocycles. The van der Waals surface area contributed by atoms with Gasteiger partial charge in [-0.25, -0.2) is 4.79 Å². The number of hydrogen-bond donors (Lipinski definition) is 1. The average molecular weight is 425 g/mol. The van der Waals surface area contributed by atoms with E-state index in [1.54, 1.807) is 6.92 Å². The Labute approximate surface area is 186 Å². The molecule has 32 heavy (non-hydrogen) atoms. The van der Waals surface area contributed by atoms with Gasteiger partial charge < -0.3 is 5.32 Å². The third-order valence-corrected chi connectivity index (χ3v) is 6.51. The lowest BCUT2D eigenvalue weighted by atomic mass is 9.85. The van der Waals surface area contributed by atoms with Crippen LogP contribution in [-0.4, -0.2) is 22.6 Å². The second-order valence-electron chi connectivity index (χ2n) is 8.44. The molecule has 0 radical (unpaired) electrons. The largest absolute Gasteiger partial charge is 0.329 e. The maximum atomic E-state index is 13.2. The number of imide groups is 1. The van der Waals surface area contributed by atoms with Gasteiger partial charge in [0.05, 0.1) is 11.7 Å². The summed E-state index contributed by atoms with van der Waals surface area (Å²) in [5.74, 6) is -0.322. The van der Waals surface area contributed by atoms with E-state index in [0.717, 1.165) is 52.4 Å². The Bertz CT molecular complexity index is 1320. The summed E-state index contributed by atoms with van der Waals surface area (Å²) < 4.78 is 0. The molecule has 3 amide bonds. The smallest absolute Gasteiger partial charge is 0.307 e. The van der Waals surface area contributed by atoms with Crippen LogP contribution in [0.1, 0.15) is 59.8 Å². The third kappa shape index (κ3) is 3.12. The van der Waals surface area contributed by atoms with Crippen molar-refractivity contribution >= 4 is 34.2 Å². The molecule has 3 aromatic rings. The summed E-state index contributed by atoms with van der Waals surface area (Å²) in [6, 6.07) is 18.6. The van der Waals surface area contributed by atoms with Crippen molar-refractivity contribution in [2.45, 2.75) is 39.2 Å². The zero-order chi connectivity index (χ0) is 22.4. The van der Waals surface area contributed by atoms with Crippen molar-refractivity contribution in [1.29, 1.82) is 0 Å². The standard InChI is InChI=1S/C27H24N2O3/c1-16(30)19-14-15-23(22-12-6-5-11-21(19)22)26-24-13-7-9-18-8-3-4-10-20(18)25(24)28-27(32)29(26)17(2)31/h3-6,8,10-12,14-15,26H,7,9,13H2,1-2H3,(H,28,32). The predicted molar refractivity (Wildman–Crippen MR) is 124 cm³/mol. The van der Waals surface area contributed by atoms with Gasteiger partial charge in [-0.05, 0) is 53.7 Å². The SMILES string of the molecule is CC(=O)c1ccc(C2C3=C(NC(=O)N2C(C)=O)c2ccccc2CCC3)c2ccccc12. The van der Waals surface area contributed by atoms with Crippen molar-refractivity contribution in [2.75, 3.05) is 0 Å². The zero-order valence-electron chi connectivity index (χ0n) is 18.1. The minimum atomic E-state index is -0.520. The summed E-state index contributed by atoms with van der Waals surface area (Å²) in [4.78, 5) is 39.5. The van der Waals surface area contributed by atoms with Crippen LogP contribution in [0.15, 0.2) is 66.2 Å². The van der Waals surface area contributed by atoms with Gasteiger partial charge in [0.15, 0.2) is 5.78 Å². The van der Waals surface area contributed by atoms with E-state index in [1.807, 2.05) is 54.6 Å². The number of aryl methyl sites for hydroxylation is 1. The third-order valence-electron chi connectivity index (χ3n) is 6.51. The van der Waals surface area contributed by atoms with Gasteiger partial charge in [-0.15, -0.1) is 0 Å². The summed E-state index contributed by atoms with van der Waals surface area (Å²) in [5.41, 5.74) is 5.56. The van der Waals surface area contributed by atoms with Crippen molar-refractivity contribution in [3.8, 4) is 0 Å². The molecule has 0 spiro atoms. The summed E-state index contributed by atoms with van der Waals surface area (Å²) in [5, 5.41) is 4.74. The van der Waals surface area contributed by atoms with Crippen LogP contribution < -0.4 is 5.32 Å². The van der Waals surface area contributed by atoms with Gasteiger partial charge in [0, 0.05) is 18.1 Å². The van der Waals surface area contributed by atoms with E-state index in [0.29, 0.717) is 5.56 Å². The summed E-state index contributed by atoms with van der Waals surface area (Å²) in [6.45, 7) is 2.98. The number of nitrogens with one attached hydrogen (secondary N) is 1. The van der Waals surface area contributed by atoms with E-state index in [-0.39, 0.29) is 11.7 Å². The lowest BCUT2D eigenvalue weighted by Gasteiger charge is -2.38. The summed E-state index contributed by atoms with van der Waals surface area (Å²) in [7, 11) is 0. The quantitative estimate of drug-likeness (QED) is 0.560. The number of carbonyl (C=O) groups is 3. The Kier molecular flexibility index (Phi) is 4.89. The van der Waals surface area contributed by atoms with E-state index in [1.165, 1.54) is 17.4 Å². The molecular weight excluding hydrogens is 400 g/mol. The van der Waals surface area contributed by atoms with Crippen LogP contribution in [0, 0.1) is 0 Å². The molecule has 5 heteroatoms. The molecule has 5 rings (SSSR count). The van der Waals surface area contributed by atoms with Crippen LogP contribution in [0.4, 0.5) is 4.79 Å². The number of rotatable bonds is 2. The van der Waals surface area contributed by atoms with Crippen LogP contribution in [-0.2, 0) is 11.2 Å². The van der Waals surface area contributed by atoms with E-state index in [2.05, 4.69) is 11.4 Å². The number of carbonyl (C=O) groups excluding carboxylic acids is 3. The molecule has 1 aliphatic carbocycles. The highest BCUT2D eigenvalue weighted by molar-refractivity contribution is 6.09. The molecule has 0 fully saturated rings. The lowest BCUT2D eigenvalue weighted by molar-refractivity contribution is -0.127. The Morgan fingerprint density at radius 3 is 2.38 bits per heavy atom. The van der Waals surface area contributed by atoms with E-state index in [9.17, 15) is 14.4 Å². The minimum absolute atomic E-state index is 0.0131.